The van der Waals surface area contributed by atoms with Crippen molar-refractivity contribution in [1.29, 1.82) is 0 Å². The summed E-state index contributed by atoms with van der Waals surface area (Å²) in [4.78, 5) is 26.6. The molecule has 0 aromatic heterocycles. The van der Waals surface area contributed by atoms with E-state index < -0.39 is 5.92 Å². The van der Waals surface area contributed by atoms with Crippen molar-refractivity contribution in [1.82, 2.24) is 0 Å². The fourth-order valence-corrected chi connectivity index (χ4v) is 3.27. The van der Waals surface area contributed by atoms with Crippen LogP contribution in [0.25, 0.3) is 0 Å². The second-order valence-electron chi connectivity index (χ2n) is 6.17. The number of benzene rings is 2. The predicted molar refractivity (Wildman–Crippen MR) is 105 cm³/mol. The molecule has 0 saturated carbocycles. The minimum absolute atomic E-state index is 0.0768. The number of anilines is 2. The van der Waals surface area contributed by atoms with E-state index in [0.717, 1.165) is 11.4 Å². The minimum Gasteiger partial charge on any atom is -0.495 e. The molecule has 142 valence electrons. The van der Waals surface area contributed by atoms with Crippen LogP contribution in [0.3, 0.4) is 0 Å². The predicted octanol–water partition coefficient (Wildman–Crippen LogP) is 3.74. The van der Waals surface area contributed by atoms with Crippen LogP contribution < -0.4 is 19.7 Å². The van der Waals surface area contributed by atoms with E-state index in [-0.39, 0.29) is 18.2 Å². The van der Waals surface area contributed by atoms with Gasteiger partial charge in [-0.25, -0.2) is 0 Å². The molecule has 1 heterocycles. The molecule has 1 aliphatic heterocycles. The summed E-state index contributed by atoms with van der Waals surface area (Å²) in [6, 6.07) is 12.3. The number of amides is 2. The van der Waals surface area contributed by atoms with Crippen LogP contribution in [-0.4, -0.2) is 32.1 Å². The quantitative estimate of drug-likeness (QED) is 0.818. The SMILES string of the molecule is CCOc1ccc(N2C[C@@H](C(=O)Nc3ccc(OC)c(Cl)c3)CC2=O)cc1. The van der Waals surface area contributed by atoms with Gasteiger partial charge in [-0.05, 0) is 49.4 Å². The lowest BCUT2D eigenvalue weighted by Crippen LogP contribution is -2.28. The number of rotatable bonds is 6. The summed E-state index contributed by atoms with van der Waals surface area (Å²) in [5.41, 5.74) is 1.32. The molecule has 0 radical (unpaired) electrons. The van der Waals surface area contributed by atoms with E-state index in [1.54, 1.807) is 23.1 Å². The van der Waals surface area contributed by atoms with Crippen molar-refractivity contribution in [3.05, 3.63) is 47.5 Å². The largest absolute Gasteiger partial charge is 0.495 e. The van der Waals surface area contributed by atoms with Gasteiger partial charge in [-0.1, -0.05) is 11.6 Å². The molecule has 0 unspecified atom stereocenters. The van der Waals surface area contributed by atoms with Crippen LogP contribution in [-0.2, 0) is 9.59 Å². The van der Waals surface area contributed by atoms with Gasteiger partial charge in [0.25, 0.3) is 0 Å². The van der Waals surface area contributed by atoms with Gasteiger partial charge in [-0.3, -0.25) is 9.59 Å². The summed E-state index contributed by atoms with van der Waals surface area (Å²) in [6.07, 6.45) is 0.170. The van der Waals surface area contributed by atoms with Gasteiger partial charge in [0, 0.05) is 24.3 Å². The number of ether oxygens (including phenoxy) is 2. The van der Waals surface area contributed by atoms with Crippen LogP contribution in [0.2, 0.25) is 5.02 Å². The van der Waals surface area contributed by atoms with Crippen molar-refractivity contribution in [2.24, 2.45) is 5.92 Å². The summed E-state index contributed by atoms with van der Waals surface area (Å²) in [6.45, 7) is 2.83. The van der Waals surface area contributed by atoms with Crippen LogP contribution in [0, 0.1) is 5.92 Å². The molecule has 6 nitrogen and oxygen atoms in total. The van der Waals surface area contributed by atoms with E-state index in [1.165, 1.54) is 7.11 Å². The Morgan fingerprint density at radius 1 is 1.26 bits per heavy atom. The Kier molecular flexibility index (Phi) is 5.86. The molecule has 27 heavy (non-hydrogen) atoms. The lowest BCUT2D eigenvalue weighted by Gasteiger charge is -2.17. The number of hydrogen-bond donors (Lipinski definition) is 1. The van der Waals surface area contributed by atoms with Crippen molar-refractivity contribution in [3.8, 4) is 11.5 Å². The van der Waals surface area contributed by atoms with Crippen LogP contribution >= 0.6 is 11.6 Å². The van der Waals surface area contributed by atoms with Gasteiger partial charge in [0.2, 0.25) is 11.8 Å². The van der Waals surface area contributed by atoms with Gasteiger partial charge in [0.05, 0.1) is 24.7 Å². The van der Waals surface area contributed by atoms with Crippen molar-refractivity contribution in [2.75, 3.05) is 30.5 Å². The van der Waals surface area contributed by atoms with Gasteiger partial charge < -0.3 is 19.7 Å². The number of carbonyl (C=O) groups is 2. The lowest BCUT2D eigenvalue weighted by molar-refractivity contribution is -0.122. The van der Waals surface area contributed by atoms with E-state index in [4.69, 9.17) is 21.1 Å². The summed E-state index contributed by atoms with van der Waals surface area (Å²) >= 11 is 6.09. The molecule has 1 aliphatic rings. The lowest BCUT2D eigenvalue weighted by atomic mass is 10.1. The Morgan fingerprint density at radius 2 is 2.00 bits per heavy atom. The molecule has 0 bridgehead atoms. The van der Waals surface area contributed by atoms with Crippen molar-refractivity contribution in [3.63, 3.8) is 0 Å². The van der Waals surface area contributed by atoms with E-state index in [1.807, 2.05) is 31.2 Å². The maximum absolute atomic E-state index is 12.6. The third-order valence-corrected chi connectivity index (χ3v) is 4.67. The average Bonchev–Trinajstić information content (AvgIpc) is 3.05. The molecule has 2 aromatic carbocycles. The highest BCUT2D eigenvalue weighted by Gasteiger charge is 2.35. The molecular weight excluding hydrogens is 368 g/mol. The topological polar surface area (TPSA) is 67.9 Å². The average molecular weight is 389 g/mol. The Bertz CT molecular complexity index is 838. The van der Waals surface area contributed by atoms with Gasteiger partial charge in [-0.2, -0.15) is 0 Å². The summed E-state index contributed by atoms with van der Waals surface area (Å²) in [5, 5.41) is 3.23. The molecule has 1 fully saturated rings. The maximum Gasteiger partial charge on any atom is 0.229 e. The number of hydrogen-bond acceptors (Lipinski definition) is 4. The van der Waals surface area contributed by atoms with Gasteiger partial charge >= 0.3 is 0 Å². The zero-order chi connectivity index (χ0) is 19.4. The number of nitrogens with zero attached hydrogens (tertiary/aromatic N) is 1. The fraction of sp³-hybridized carbons (Fsp3) is 0.300. The smallest absolute Gasteiger partial charge is 0.229 e. The van der Waals surface area contributed by atoms with Crippen molar-refractivity contribution in [2.45, 2.75) is 13.3 Å². The molecule has 7 heteroatoms. The van der Waals surface area contributed by atoms with E-state index in [2.05, 4.69) is 5.32 Å². The van der Waals surface area contributed by atoms with Crippen LogP contribution in [0.5, 0.6) is 11.5 Å². The number of carbonyl (C=O) groups excluding carboxylic acids is 2. The minimum atomic E-state index is -0.426. The fourth-order valence-electron chi connectivity index (χ4n) is 3.01. The number of halogens is 1. The van der Waals surface area contributed by atoms with Gasteiger partial charge in [0.1, 0.15) is 11.5 Å². The van der Waals surface area contributed by atoms with Gasteiger partial charge in [-0.15, -0.1) is 0 Å². The third-order valence-electron chi connectivity index (χ3n) is 4.37. The Morgan fingerprint density at radius 3 is 2.63 bits per heavy atom. The molecular formula is C20H21ClN2O4. The van der Waals surface area contributed by atoms with E-state index in [9.17, 15) is 9.59 Å². The standard InChI is InChI=1S/C20H21ClN2O4/c1-3-27-16-7-5-15(6-8-16)23-12-13(10-19(23)24)20(25)22-14-4-9-18(26-2)17(21)11-14/h4-9,11,13H,3,10,12H2,1-2H3,(H,22,25)/t13-/m0/s1. The highest BCUT2D eigenvalue weighted by atomic mass is 35.5. The molecule has 0 aliphatic carbocycles. The summed E-state index contributed by atoms with van der Waals surface area (Å²) < 4.78 is 10.5. The molecule has 1 saturated heterocycles. The Balaban J connectivity index is 1.65. The zero-order valence-electron chi connectivity index (χ0n) is 15.2. The molecule has 2 amide bonds. The summed E-state index contributed by atoms with van der Waals surface area (Å²) in [7, 11) is 1.53. The summed E-state index contributed by atoms with van der Waals surface area (Å²) in [5.74, 6) is 0.570. The van der Waals surface area contributed by atoms with Gasteiger partial charge in [0.15, 0.2) is 0 Å². The highest BCUT2D eigenvalue weighted by molar-refractivity contribution is 6.32. The Hall–Kier alpha value is -2.73. The molecule has 1 atom stereocenters. The van der Waals surface area contributed by atoms with Crippen LogP contribution in [0.1, 0.15) is 13.3 Å². The van der Waals surface area contributed by atoms with Crippen molar-refractivity contribution < 1.29 is 19.1 Å². The second kappa shape index (κ2) is 8.31. The first kappa shape index (κ1) is 19.0. The molecule has 2 aromatic rings. The molecule has 0 spiro atoms. The van der Waals surface area contributed by atoms with E-state index in [0.29, 0.717) is 29.6 Å². The first-order chi connectivity index (χ1) is 13.0. The number of nitrogens with one attached hydrogen (secondary N) is 1. The first-order valence-electron chi connectivity index (χ1n) is 8.69. The monoisotopic (exact) mass is 388 g/mol. The Labute approximate surface area is 163 Å². The first-order valence-corrected chi connectivity index (χ1v) is 9.07. The maximum atomic E-state index is 12.6. The number of methoxy groups -OCH3 is 1. The normalized spacial score (nSPS) is 16.3. The van der Waals surface area contributed by atoms with Crippen molar-refractivity contribution >= 4 is 34.8 Å². The van der Waals surface area contributed by atoms with Crippen LogP contribution in [0.4, 0.5) is 11.4 Å². The van der Waals surface area contributed by atoms with E-state index >= 15 is 0 Å². The zero-order valence-corrected chi connectivity index (χ0v) is 16.0. The third kappa shape index (κ3) is 4.34. The van der Waals surface area contributed by atoms with Crippen LogP contribution in [0.15, 0.2) is 42.5 Å². The molecule has 1 N–H and O–H groups in total. The highest BCUT2D eigenvalue weighted by Crippen LogP contribution is 2.30. The second-order valence-corrected chi connectivity index (χ2v) is 6.58. The molecule has 3 rings (SSSR count).